The molecule has 1 aromatic heterocycles. The monoisotopic (exact) mass is 558 g/mol. The average Bonchev–Trinajstić information content (AvgIpc) is 3.39. The van der Waals surface area contributed by atoms with Crippen molar-refractivity contribution in [3.63, 3.8) is 0 Å². The lowest BCUT2D eigenvalue weighted by Gasteiger charge is -2.23. The first-order valence-corrected chi connectivity index (χ1v) is 13.2. The number of benzene rings is 3. The average molecular weight is 559 g/mol. The summed E-state index contributed by atoms with van der Waals surface area (Å²) in [5, 5.41) is 2.91. The number of nitrogens with zero attached hydrogens (tertiary/aromatic N) is 1. The number of halogens is 3. The Labute approximate surface area is 224 Å². The van der Waals surface area contributed by atoms with Crippen LogP contribution in [0.2, 0.25) is 0 Å². The summed E-state index contributed by atoms with van der Waals surface area (Å²) in [6.45, 7) is 4.18. The number of rotatable bonds is 8. The zero-order chi connectivity index (χ0) is 28.2. The standard InChI is InChI=1S/C28H25F3N2O5S/c1-19-8-13-26(20(2)15-19)32-27(34)33(18-24-6-4-14-37-24)17-21-9-11-23(12-10-21)38-39(35,36)25-7-3-5-22(16-25)28(29,30)31/h3-16H,17-18H2,1-2H3,(H,32,34). The van der Waals surface area contributed by atoms with Gasteiger partial charge in [-0.3, -0.25) is 0 Å². The van der Waals surface area contributed by atoms with Crippen molar-refractivity contribution in [2.45, 2.75) is 38.0 Å². The quantitative estimate of drug-likeness (QED) is 0.237. The Kier molecular flexibility index (Phi) is 8.01. The molecule has 0 saturated heterocycles. The van der Waals surface area contributed by atoms with Gasteiger partial charge in [-0.1, -0.05) is 35.9 Å². The van der Waals surface area contributed by atoms with Gasteiger partial charge in [0.1, 0.15) is 16.4 Å². The smallest absolute Gasteiger partial charge is 0.416 e. The second-order valence-corrected chi connectivity index (χ2v) is 10.4. The van der Waals surface area contributed by atoms with E-state index in [1.54, 1.807) is 24.3 Å². The highest BCUT2D eigenvalue weighted by atomic mass is 32.2. The molecule has 204 valence electrons. The molecule has 0 radical (unpaired) electrons. The Hall–Kier alpha value is -4.25. The van der Waals surface area contributed by atoms with Crippen molar-refractivity contribution in [3.05, 3.63) is 113 Å². The number of furan rings is 1. The number of hydrogen-bond donors (Lipinski definition) is 1. The first kappa shape index (κ1) is 27.8. The zero-order valence-electron chi connectivity index (χ0n) is 21.0. The molecule has 0 aliphatic carbocycles. The van der Waals surface area contributed by atoms with Crippen LogP contribution in [0.1, 0.15) is 28.0 Å². The third-order valence-electron chi connectivity index (χ3n) is 5.79. The number of nitrogens with one attached hydrogen (secondary N) is 1. The number of anilines is 1. The van der Waals surface area contributed by atoms with E-state index in [1.165, 1.54) is 23.3 Å². The Morgan fingerprint density at radius 1 is 0.949 bits per heavy atom. The van der Waals surface area contributed by atoms with E-state index in [4.69, 9.17) is 8.60 Å². The SMILES string of the molecule is Cc1ccc(NC(=O)N(Cc2ccc(OS(=O)(=O)c3cccc(C(F)(F)F)c3)cc2)Cc2ccco2)c(C)c1. The second-order valence-electron chi connectivity index (χ2n) is 8.89. The Morgan fingerprint density at radius 3 is 2.33 bits per heavy atom. The van der Waals surface area contributed by atoms with Crippen LogP contribution >= 0.6 is 0 Å². The fourth-order valence-electron chi connectivity index (χ4n) is 3.81. The Bertz CT molecular complexity index is 1550. The molecule has 0 aliphatic rings. The fourth-order valence-corrected chi connectivity index (χ4v) is 4.79. The second kappa shape index (κ2) is 11.2. The number of hydrogen-bond acceptors (Lipinski definition) is 5. The number of carbonyl (C=O) groups excluding carboxylic acids is 1. The minimum absolute atomic E-state index is 0.0894. The van der Waals surface area contributed by atoms with Crippen molar-refractivity contribution in [1.82, 2.24) is 4.90 Å². The van der Waals surface area contributed by atoms with Gasteiger partial charge in [0.25, 0.3) is 0 Å². The van der Waals surface area contributed by atoms with Crippen LogP contribution in [0.15, 0.2) is 94.4 Å². The number of carbonyl (C=O) groups is 1. The summed E-state index contributed by atoms with van der Waals surface area (Å²) in [4.78, 5) is 14.1. The predicted molar refractivity (Wildman–Crippen MR) is 139 cm³/mol. The molecule has 2 amide bonds. The van der Waals surface area contributed by atoms with Crippen molar-refractivity contribution in [1.29, 1.82) is 0 Å². The van der Waals surface area contributed by atoms with Crippen LogP contribution in [0.3, 0.4) is 0 Å². The summed E-state index contributed by atoms with van der Waals surface area (Å²) in [7, 11) is -4.51. The highest BCUT2D eigenvalue weighted by Gasteiger charge is 2.32. The van der Waals surface area contributed by atoms with Crippen molar-refractivity contribution < 1.29 is 35.0 Å². The van der Waals surface area contributed by atoms with E-state index in [2.05, 4.69) is 5.32 Å². The van der Waals surface area contributed by atoms with Gasteiger partial charge in [-0.15, -0.1) is 0 Å². The lowest BCUT2D eigenvalue weighted by molar-refractivity contribution is -0.137. The maximum atomic E-state index is 13.2. The molecule has 0 unspecified atom stereocenters. The number of urea groups is 1. The fraction of sp³-hybridized carbons (Fsp3) is 0.179. The van der Waals surface area contributed by atoms with Gasteiger partial charge >= 0.3 is 22.3 Å². The summed E-state index contributed by atoms with van der Waals surface area (Å²) in [6.07, 6.45) is -3.19. The molecule has 0 fully saturated rings. The number of aryl methyl sites for hydroxylation is 2. The minimum Gasteiger partial charge on any atom is -0.467 e. The summed E-state index contributed by atoms with van der Waals surface area (Å²) < 4.78 is 74.6. The van der Waals surface area contributed by atoms with Gasteiger partial charge in [0.05, 0.1) is 18.4 Å². The molecule has 11 heteroatoms. The van der Waals surface area contributed by atoms with Crippen LogP contribution in [0.25, 0.3) is 0 Å². The van der Waals surface area contributed by atoms with E-state index in [0.717, 1.165) is 29.3 Å². The van der Waals surface area contributed by atoms with E-state index < -0.39 is 26.8 Å². The van der Waals surface area contributed by atoms with Crippen LogP contribution in [-0.2, 0) is 29.4 Å². The third-order valence-corrected chi connectivity index (χ3v) is 7.03. The molecule has 3 aromatic carbocycles. The molecule has 7 nitrogen and oxygen atoms in total. The van der Waals surface area contributed by atoms with Crippen LogP contribution in [0.4, 0.5) is 23.7 Å². The van der Waals surface area contributed by atoms with Gasteiger partial charge in [-0.05, 0) is 73.5 Å². The molecular formula is C28H25F3N2O5S. The Morgan fingerprint density at radius 2 is 1.69 bits per heavy atom. The number of alkyl halides is 3. The maximum Gasteiger partial charge on any atom is 0.416 e. The molecule has 0 saturated carbocycles. The first-order chi connectivity index (χ1) is 18.4. The number of amides is 2. The largest absolute Gasteiger partial charge is 0.467 e. The van der Waals surface area contributed by atoms with E-state index in [1.807, 2.05) is 32.0 Å². The van der Waals surface area contributed by atoms with Gasteiger partial charge in [-0.25, -0.2) is 4.79 Å². The van der Waals surface area contributed by atoms with Gasteiger partial charge in [-0.2, -0.15) is 21.6 Å². The minimum atomic E-state index is -4.70. The van der Waals surface area contributed by atoms with Crippen LogP contribution in [0.5, 0.6) is 5.75 Å². The summed E-state index contributed by atoms with van der Waals surface area (Å²) in [5.41, 5.74) is 2.19. The molecule has 4 aromatic rings. The predicted octanol–water partition coefficient (Wildman–Crippen LogP) is 6.92. The van der Waals surface area contributed by atoms with E-state index in [0.29, 0.717) is 23.1 Å². The molecule has 4 rings (SSSR count). The molecule has 0 spiro atoms. The molecule has 1 N–H and O–H groups in total. The zero-order valence-corrected chi connectivity index (χ0v) is 21.8. The highest BCUT2D eigenvalue weighted by Crippen LogP contribution is 2.31. The normalized spacial score (nSPS) is 11.7. The summed E-state index contributed by atoms with van der Waals surface area (Å²) >= 11 is 0. The van der Waals surface area contributed by atoms with Gasteiger partial charge in [0.15, 0.2) is 0 Å². The van der Waals surface area contributed by atoms with Crippen LogP contribution in [-0.4, -0.2) is 19.3 Å². The van der Waals surface area contributed by atoms with E-state index in [9.17, 15) is 26.4 Å². The van der Waals surface area contributed by atoms with E-state index >= 15 is 0 Å². The summed E-state index contributed by atoms with van der Waals surface area (Å²) in [5.74, 6) is 0.478. The van der Waals surface area contributed by atoms with Gasteiger partial charge < -0.3 is 18.8 Å². The lowest BCUT2D eigenvalue weighted by atomic mass is 10.1. The van der Waals surface area contributed by atoms with Crippen molar-refractivity contribution in [3.8, 4) is 5.75 Å². The van der Waals surface area contributed by atoms with Crippen molar-refractivity contribution in [2.24, 2.45) is 0 Å². The molecular weight excluding hydrogens is 533 g/mol. The van der Waals surface area contributed by atoms with Crippen molar-refractivity contribution >= 4 is 21.8 Å². The molecule has 1 heterocycles. The third kappa shape index (κ3) is 7.20. The molecule has 0 bridgehead atoms. The Balaban J connectivity index is 1.49. The topological polar surface area (TPSA) is 88.9 Å². The van der Waals surface area contributed by atoms with Gasteiger partial charge in [0, 0.05) is 12.2 Å². The maximum absolute atomic E-state index is 13.2. The highest BCUT2D eigenvalue weighted by molar-refractivity contribution is 7.87. The first-order valence-electron chi connectivity index (χ1n) is 11.8. The lowest BCUT2D eigenvalue weighted by Crippen LogP contribution is -2.34. The van der Waals surface area contributed by atoms with Crippen molar-refractivity contribution in [2.75, 3.05) is 5.32 Å². The molecule has 39 heavy (non-hydrogen) atoms. The van der Waals surface area contributed by atoms with Crippen LogP contribution < -0.4 is 9.50 Å². The van der Waals surface area contributed by atoms with Crippen LogP contribution in [0, 0.1) is 13.8 Å². The van der Waals surface area contributed by atoms with E-state index in [-0.39, 0.29) is 24.9 Å². The summed E-state index contributed by atoms with van der Waals surface area (Å²) in [6, 6.07) is 18.0. The molecule has 0 aliphatic heterocycles. The van der Waals surface area contributed by atoms with Gasteiger partial charge in [0.2, 0.25) is 0 Å². The molecule has 0 atom stereocenters.